The van der Waals surface area contributed by atoms with E-state index in [2.05, 4.69) is 10.6 Å². The van der Waals surface area contributed by atoms with Crippen LogP contribution in [0.25, 0.3) is 0 Å². The van der Waals surface area contributed by atoms with Crippen LogP contribution in [-0.4, -0.2) is 42.0 Å². The summed E-state index contributed by atoms with van der Waals surface area (Å²) in [4.78, 5) is 32.6. The maximum atomic E-state index is 11.3. The summed E-state index contributed by atoms with van der Waals surface area (Å²) in [5, 5.41) is 14.0. The van der Waals surface area contributed by atoms with Gasteiger partial charge in [-0.05, 0) is 19.4 Å². The first kappa shape index (κ1) is 15.4. The Kier molecular flexibility index (Phi) is 7.70. The molecule has 0 aromatic carbocycles. The molecule has 1 atom stereocenters. The third-order valence-corrected chi connectivity index (χ3v) is 2.03. The second-order valence-electron chi connectivity index (χ2n) is 3.64. The van der Waals surface area contributed by atoms with Gasteiger partial charge in [0.2, 0.25) is 11.8 Å². The highest BCUT2D eigenvalue weighted by atomic mass is 16.4. The number of carbonyl (C=O) groups excluding carboxylic acids is 2. The SMILES string of the molecule is CCCNCC(=O)NC(CCC(N)=O)C(=O)O. The maximum absolute atomic E-state index is 11.3. The van der Waals surface area contributed by atoms with Crippen molar-refractivity contribution in [1.29, 1.82) is 0 Å². The topological polar surface area (TPSA) is 122 Å². The molecular formula is C10H19N3O4. The van der Waals surface area contributed by atoms with E-state index in [0.29, 0.717) is 6.54 Å². The van der Waals surface area contributed by atoms with Gasteiger partial charge < -0.3 is 21.5 Å². The summed E-state index contributed by atoms with van der Waals surface area (Å²) in [5.41, 5.74) is 4.91. The van der Waals surface area contributed by atoms with Crippen LogP contribution < -0.4 is 16.4 Å². The number of carbonyl (C=O) groups is 3. The summed E-state index contributed by atoms with van der Waals surface area (Å²) >= 11 is 0. The van der Waals surface area contributed by atoms with Crippen molar-refractivity contribution in [2.45, 2.75) is 32.2 Å². The van der Waals surface area contributed by atoms with Crippen LogP contribution in [0.3, 0.4) is 0 Å². The molecular weight excluding hydrogens is 226 g/mol. The molecule has 0 radical (unpaired) electrons. The lowest BCUT2D eigenvalue weighted by Gasteiger charge is -2.13. The molecule has 5 N–H and O–H groups in total. The van der Waals surface area contributed by atoms with E-state index in [1.165, 1.54) is 0 Å². The van der Waals surface area contributed by atoms with Crippen molar-refractivity contribution in [2.75, 3.05) is 13.1 Å². The van der Waals surface area contributed by atoms with Gasteiger partial charge in [0, 0.05) is 6.42 Å². The standard InChI is InChI=1S/C10H19N3O4/c1-2-5-12-6-9(15)13-7(10(16)17)3-4-8(11)14/h7,12H,2-6H2,1H3,(H2,11,14)(H,13,15)(H,16,17). The molecule has 0 saturated heterocycles. The zero-order valence-corrected chi connectivity index (χ0v) is 9.86. The predicted molar refractivity (Wildman–Crippen MR) is 61.2 cm³/mol. The van der Waals surface area contributed by atoms with Crippen molar-refractivity contribution in [3.8, 4) is 0 Å². The van der Waals surface area contributed by atoms with Crippen LogP contribution in [-0.2, 0) is 14.4 Å². The molecule has 17 heavy (non-hydrogen) atoms. The first-order chi connectivity index (χ1) is 7.97. The van der Waals surface area contributed by atoms with E-state index >= 15 is 0 Å². The number of aliphatic carboxylic acids is 1. The lowest BCUT2D eigenvalue weighted by atomic mass is 10.1. The van der Waals surface area contributed by atoms with E-state index in [1.807, 2.05) is 6.92 Å². The summed E-state index contributed by atoms with van der Waals surface area (Å²) < 4.78 is 0. The molecule has 1 unspecified atom stereocenters. The summed E-state index contributed by atoms with van der Waals surface area (Å²) in [7, 11) is 0. The molecule has 7 heteroatoms. The molecule has 0 aromatic heterocycles. The molecule has 0 aliphatic rings. The molecule has 7 nitrogen and oxygen atoms in total. The molecule has 0 heterocycles. The quantitative estimate of drug-likeness (QED) is 0.381. The van der Waals surface area contributed by atoms with Gasteiger partial charge in [-0.25, -0.2) is 4.79 Å². The van der Waals surface area contributed by atoms with Gasteiger partial charge in [0.15, 0.2) is 0 Å². The fraction of sp³-hybridized carbons (Fsp3) is 0.700. The van der Waals surface area contributed by atoms with Crippen molar-refractivity contribution < 1.29 is 19.5 Å². The van der Waals surface area contributed by atoms with E-state index in [1.54, 1.807) is 0 Å². The van der Waals surface area contributed by atoms with Crippen molar-refractivity contribution in [3.05, 3.63) is 0 Å². The van der Waals surface area contributed by atoms with Crippen LogP contribution in [0.2, 0.25) is 0 Å². The van der Waals surface area contributed by atoms with Gasteiger partial charge in [-0.15, -0.1) is 0 Å². The number of primary amides is 1. The van der Waals surface area contributed by atoms with E-state index < -0.39 is 23.8 Å². The van der Waals surface area contributed by atoms with Gasteiger partial charge in [0.05, 0.1) is 6.54 Å². The van der Waals surface area contributed by atoms with E-state index in [4.69, 9.17) is 10.8 Å². The Morgan fingerprint density at radius 3 is 2.47 bits per heavy atom. The van der Waals surface area contributed by atoms with Gasteiger partial charge in [0.25, 0.3) is 0 Å². The Bertz CT molecular complexity index is 281. The first-order valence-corrected chi connectivity index (χ1v) is 5.48. The number of nitrogens with one attached hydrogen (secondary N) is 2. The Hall–Kier alpha value is -1.63. The Morgan fingerprint density at radius 1 is 1.35 bits per heavy atom. The summed E-state index contributed by atoms with van der Waals surface area (Å²) in [6, 6.07) is -1.07. The zero-order valence-electron chi connectivity index (χ0n) is 9.86. The largest absolute Gasteiger partial charge is 0.480 e. The number of hydrogen-bond acceptors (Lipinski definition) is 4. The van der Waals surface area contributed by atoms with Crippen LogP contribution >= 0.6 is 0 Å². The van der Waals surface area contributed by atoms with Gasteiger partial charge in [-0.2, -0.15) is 0 Å². The van der Waals surface area contributed by atoms with Crippen LogP contribution in [0.4, 0.5) is 0 Å². The van der Waals surface area contributed by atoms with Gasteiger partial charge in [-0.1, -0.05) is 6.92 Å². The lowest BCUT2D eigenvalue weighted by molar-refractivity contribution is -0.142. The Labute approximate surface area is 99.7 Å². The number of carboxylic acids is 1. The predicted octanol–water partition coefficient (Wildman–Crippen LogP) is -1.18. The highest BCUT2D eigenvalue weighted by Gasteiger charge is 2.19. The molecule has 0 aliphatic heterocycles. The number of amides is 2. The molecule has 0 fully saturated rings. The van der Waals surface area contributed by atoms with E-state index in [0.717, 1.165) is 6.42 Å². The highest BCUT2D eigenvalue weighted by molar-refractivity contribution is 5.85. The number of nitrogens with two attached hydrogens (primary N) is 1. The number of carboxylic acid groups (broad SMARTS) is 1. The van der Waals surface area contributed by atoms with Crippen LogP contribution in [0.15, 0.2) is 0 Å². The number of rotatable bonds is 9. The minimum Gasteiger partial charge on any atom is -0.480 e. The smallest absolute Gasteiger partial charge is 0.326 e. The summed E-state index contributed by atoms with van der Waals surface area (Å²) in [6.45, 7) is 2.71. The zero-order chi connectivity index (χ0) is 13.3. The van der Waals surface area contributed by atoms with Crippen molar-refractivity contribution >= 4 is 17.8 Å². The van der Waals surface area contributed by atoms with E-state index in [-0.39, 0.29) is 19.4 Å². The monoisotopic (exact) mass is 245 g/mol. The van der Waals surface area contributed by atoms with Crippen molar-refractivity contribution in [1.82, 2.24) is 10.6 Å². The Balaban J connectivity index is 4.02. The van der Waals surface area contributed by atoms with E-state index in [9.17, 15) is 14.4 Å². The maximum Gasteiger partial charge on any atom is 0.326 e. The number of hydrogen-bond donors (Lipinski definition) is 4. The minimum absolute atomic E-state index is 0.00415. The fourth-order valence-corrected chi connectivity index (χ4v) is 1.17. The second kappa shape index (κ2) is 8.51. The summed E-state index contributed by atoms with van der Waals surface area (Å²) in [6.07, 6.45) is 0.821. The molecule has 0 aromatic rings. The Morgan fingerprint density at radius 2 is 2.00 bits per heavy atom. The third-order valence-electron chi connectivity index (χ3n) is 2.03. The molecule has 2 amide bonds. The van der Waals surface area contributed by atoms with Crippen molar-refractivity contribution in [3.63, 3.8) is 0 Å². The normalized spacial score (nSPS) is 11.8. The highest BCUT2D eigenvalue weighted by Crippen LogP contribution is 1.97. The first-order valence-electron chi connectivity index (χ1n) is 5.48. The van der Waals surface area contributed by atoms with Gasteiger partial charge in [-0.3, -0.25) is 9.59 Å². The second-order valence-corrected chi connectivity index (χ2v) is 3.64. The molecule has 98 valence electrons. The third kappa shape index (κ3) is 8.21. The molecule has 0 spiro atoms. The van der Waals surface area contributed by atoms with Gasteiger partial charge >= 0.3 is 5.97 Å². The average Bonchev–Trinajstić information content (AvgIpc) is 2.23. The molecule has 0 rings (SSSR count). The molecule has 0 saturated carbocycles. The van der Waals surface area contributed by atoms with Crippen LogP contribution in [0.1, 0.15) is 26.2 Å². The minimum atomic E-state index is -1.17. The lowest BCUT2D eigenvalue weighted by Crippen LogP contribution is -2.45. The summed E-state index contributed by atoms with van der Waals surface area (Å²) in [5.74, 6) is -2.17. The van der Waals surface area contributed by atoms with Crippen molar-refractivity contribution in [2.24, 2.45) is 5.73 Å². The van der Waals surface area contributed by atoms with Gasteiger partial charge in [0.1, 0.15) is 6.04 Å². The fourth-order valence-electron chi connectivity index (χ4n) is 1.17. The van der Waals surface area contributed by atoms with Crippen LogP contribution in [0, 0.1) is 0 Å². The molecule has 0 aliphatic carbocycles. The molecule has 0 bridgehead atoms. The average molecular weight is 245 g/mol. The van der Waals surface area contributed by atoms with Crippen LogP contribution in [0.5, 0.6) is 0 Å².